The molecule has 0 amide bonds. The van der Waals surface area contributed by atoms with E-state index in [1.165, 1.54) is 13.0 Å². The summed E-state index contributed by atoms with van der Waals surface area (Å²) in [5.74, 6) is -1.72. The molecular weight excluding hydrogens is 322 g/mol. The summed E-state index contributed by atoms with van der Waals surface area (Å²) in [6.45, 7) is 3.00. The Morgan fingerprint density at radius 3 is 2.62 bits per heavy atom. The fourth-order valence-corrected chi connectivity index (χ4v) is 3.15. The molecule has 0 saturated carbocycles. The fourth-order valence-electron chi connectivity index (χ4n) is 1.64. The molecule has 21 heavy (non-hydrogen) atoms. The minimum atomic E-state index is -4.22. The van der Waals surface area contributed by atoms with E-state index in [4.69, 9.17) is 16.7 Å². The molecule has 2 heterocycles. The highest BCUT2D eigenvalue weighted by molar-refractivity contribution is 7.92. The Morgan fingerprint density at radius 2 is 2.05 bits per heavy atom. The Labute approximate surface area is 124 Å². The molecular formula is C10H10ClN5O4S. The number of anilines is 1. The van der Waals surface area contributed by atoms with Gasteiger partial charge in [-0.1, -0.05) is 11.6 Å². The minimum absolute atomic E-state index is 0.0579. The van der Waals surface area contributed by atoms with Crippen molar-refractivity contribution >= 4 is 33.5 Å². The number of carboxylic acid groups (broad SMARTS) is 1. The number of rotatable bonds is 4. The average molecular weight is 332 g/mol. The lowest BCUT2D eigenvalue weighted by Gasteiger charge is -2.07. The molecule has 2 rings (SSSR count). The largest absolute Gasteiger partial charge is 0.476 e. The summed E-state index contributed by atoms with van der Waals surface area (Å²) in [4.78, 5) is 18.1. The number of hydrogen-bond acceptors (Lipinski definition) is 6. The number of carboxylic acids is 1. The summed E-state index contributed by atoms with van der Waals surface area (Å²) in [7, 11) is -4.22. The van der Waals surface area contributed by atoms with Gasteiger partial charge in [-0.3, -0.25) is 5.10 Å². The summed E-state index contributed by atoms with van der Waals surface area (Å²) in [6, 6.07) is 1.45. The SMILES string of the molecule is Cc1cc(Cl)nc(NS(=O)(=O)c2c(C(=O)O)n[nH]c2C)n1. The predicted octanol–water partition coefficient (Wildman–Crippen LogP) is 0.969. The molecule has 0 unspecified atom stereocenters. The molecule has 0 fully saturated rings. The Balaban J connectivity index is 2.48. The number of aromatic amines is 1. The molecule has 11 heteroatoms. The lowest BCUT2D eigenvalue weighted by molar-refractivity contribution is 0.0686. The van der Waals surface area contributed by atoms with E-state index in [9.17, 15) is 13.2 Å². The van der Waals surface area contributed by atoms with Crippen LogP contribution in [0.5, 0.6) is 0 Å². The molecule has 0 aliphatic carbocycles. The molecule has 0 radical (unpaired) electrons. The van der Waals surface area contributed by atoms with E-state index in [-0.39, 0.29) is 16.8 Å². The summed E-state index contributed by atoms with van der Waals surface area (Å²) >= 11 is 5.72. The van der Waals surface area contributed by atoms with Gasteiger partial charge >= 0.3 is 5.97 Å². The van der Waals surface area contributed by atoms with Crippen LogP contribution in [-0.2, 0) is 10.0 Å². The first-order valence-corrected chi connectivity index (χ1v) is 7.39. The maximum atomic E-state index is 12.3. The van der Waals surface area contributed by atoms with Gasteiger partial charge in [0.15, 0.2) is 5.69 Å². The van der Waals surface area contributed by atoms with E-state index in [0.717, 1.165) is 0 Å². The van der Waals surface area contributed by atoms with Crippen LogP contribution < -0.4 is 4.72 Å². The van der Waals surface area contributed by atoms with Gasteiger partial charge in [-0.15, -0.1) is 0 Å². The van der Waals surface area contributed by atoms with Gasteiger partial charge in [0.05, 0.1) is 5.69 Å². The molecule has 2 aromatic rings. The number of halogens is 1. The number of aromatic carboxylic acids is 1. The van der Waals surface area contributed by atoms with Crippen molar-refractivity contribution in [3.63, 3.8) is 0 Å². The topological polar surface area (TPSA) is 138 Å². The van der Waals surface area contributed by atoms with Gasteiger partial charge in [-0.25, -0.2) is 27.9 Å². The van der Waals surface area contributed by atoms with Crippen molar-refractivity contribution in [2.45, 2.75) is 18.7 Å². The summed E-state index contributed by atoms with van der Waals surface area (Å²) < 4.78 is 26.6. The maximum Gasteiger partial charge on any atom is 0.357 e. The van der Waals surface area contributed by atoms with E-state index in [1.807, 2.05) is 0 Å². The zero-order valence-electron chi connectivity index (χ0n) is 10.9. The van der Waals surface area contributed by atoms with Crippen molar-refractivity contribution in [3.05, 3.63) is 28.3 Å². The molecule has 0 spiro atoms. The van der Waals surface area contributed by atoms with Gasteiger partial charge in [0.2, 0.25) is 5.95 Å². The maximum absolute atomic E-state index is 12.3. The Morgan fingerprint density at radius 1 is 1.38 bits per heavy atom. The van der Waals surface area contributed by atoms with Gasteiger partial charge < -0.3 is 5.11 Å². The van der Waals surface area contributed by atoms with Crippen molar-refractivity contribution in [1.29, 1.82) is 0 Å². The number of aryl methyl sites for hydroxylation is 2. The van der Waals surface area contributed by atoms with E-state index in [0.29, 0.717) is 5.69 Å². The Kier molecular flexibility index (Phi) is 3.83. The van der Waals surface area contributed by atoms with Crippen LogP contribution in [0, 0.1) is 13.8 Å². The normalized spacial score (nSPS) is 11.4. The first-order valence-electron chi connectivity index (χ1n) is 5.53. The van der Waals surface area contributed by atoms with Crippen molar-refractivity contribution in [2.24, 2.45) is 0 Å². The molecule has 3 N–H and O–H groups in total. The fraction of sp³-hybridized carbons (Fsp3) is 0.200. The number of sulfonamides is 1. The molecule has 112 valence electrons. The first-order chi connectivity index (χ1) is 9.70. The van der Waals surface area contributed by atoms with Crippen LogP contribution in [0.2, 0.25) is 5.15 Å². The minimum Gasteiger partial charge on any atom is -0.476 e. The third kappa shape index (κ3) is 3.11. The van der Waals surface area contributed by atoms with Crippen LogP contribution in [0.15, 0.2) is 11.0 Å². The smallest absolute Gasteiger partial charge is 0.357 e. The molecule has 0 atom stereocenters. The van der Waals surface area contributed by atoms with E-state index < -0.39 is 26.6 Å². The summed E-state index contributed by atoms with van der Waals surface area (Å²) in [6.07, 6.45) is 0. The second-order valence-corrected chi connectivity index (χ2v) is 6.10. The van der Waals surface area contributed by atoms with Crippen molar-refractivity contribution < 1.29 is 18.3 Å². The summed E-state index contributed by atoms with van der Waals surface area (Å²) in [5, 5.41) is 14.8. The second kappa shape index (κ2) is 5.30. The van der Waals surface area contributed by atoms with Crippen molar-refractivity contribution in [2.75, 3.05) is 4.72 Å². The van der Waals surface area contributed by atoms with E-state index >= 15 is 0 Å². The molecule has 0 aliphatic heterocycles. The number of nitrogens with zero attached hydrogens (tertiary/aromatic N) is 3. The monoisotopic (exact) mass is 331 g/mol. The van der Waals surface area contributed by atoms with Crippen LogP contribution in [0.1, 0.15) is 21.9 Å². The van der Waals surface area contributed by atoms with Crippen molar-refractivity contribution in [1.82, 2.24) is 20.2 Å². The molecule has 9 nitrogen and oxygen atoms in total. The quantitative estimate of drug-likeness (QED) is 0.709. The number of nitrogens with one attached hydrogen (secondary N) is 2. The van der Waals surface area contributed by atoms with Crippen molar-refractivity contribution in [3.8, 4) is 0 Å². The van der Waals surface area contributed by atoms with Crippen LogP contribution in [0.25, 0.3) is 0 Å². The first kappa shape index (κ1) is 15.2. The standard InChI is InChI=1S/C10H10ClN5O4S/c1-4-3-6(11)13-10(12-4)16-21(19,20)8-5(2)14-15-7(8)9(17)18/h3H,1-2H3,(H,14,15)(H,17,18)(H,12,13,16). The van der Waals surface area contributed by atoms with Crippen LogP contribution in [0.4, 0.5) is 5.95 Å². The zero-order chi connectivity index (χ0) is 15.8. The predicted molar refractivity (Wildman–Crippen MR) is 72.9 cm³/mol. The molecule has 0 bridgehead atoms. The number of carbonyl (C=O) groups is 1. The van der Waals surface area contributed by atoms with E-state index in [1.54, 1.807) is 6.92 Å². The number of aromatic nitrogens is 4. The van der Waals surface area contributed by atoms with Crippen LogP contribution >= 0.6 is 11.6 Å². The van der Waals surface area contributed by atoms with Gasteiger partial charge in [-0.2, -0.15) is 5.10 Å². The van der Waals surface area contributed by atoms with Gasteiger partial charge in [-0.05, 0) is 19.9 Å². The van der Waals surface area contributed by atoms with Crippen LogP contribution in [-0.4, -0.2) is 39.7 Å². The van der Waals surface area contributed by atoms with Gasteiger partial charge in [0.1, 0.15) is 10.0 Å². The highest BCUT2D eigenvalue weighted by Crippen LogP contribution is 2.20. The Hall–Kier alpha value is -2.20. The molecule has 0 aliphatic rings. The summed E-state index contributed by atoms with van der Waals surface area (Å²) in [5.41, 5.74) is -0.0764. The molecule has 0 saturated heterocycles. The van der Waals surface area contributed by atoms with Gasteiger partial charge in [0.25, 0.3) is 10.0 Å². The molecule has 2 aromatic heterocycles. The average Bonchev–Trinajstić information content (AvgIpc) is 2.69. The Bertz CT molecular complexity index is 797. The third-order valence-corrected chi connectivity index (χ3v) is 4.09. The number of H-pyrrole nitrogens is 1. The highest BCUT2D eigenvalue weighted by Gasteiger charge is 2.29. The molecule has 0 aromatic carbocycles. The van der Waals surface area contributed by atoms with Gasteiger partial charge in [0, 0.05) is 5.69 Å². The zero-order valence-corrected chi connectivity index (χ0v) is 12.4. The lowest BCUT2D eigenvalue weighted by atomic mass is 10.4. The van der Waals surface area contributed by atoms with E-state index in [2.05, 4.69) is 24.9 Å². The highest BCUT2D eigenvalue weighted by atomic mass is 35.5. The number of hydrogen-bond donors (Lipinski definition) is 3. The van der Waals surface area contributed by atoms with Crippen LogP contribution in [0.3, 0.4) is 0 Å². The third-order valence-electron chi connectivity index (χ3n) is 2.41. The second-order valence-electron chi connectivity index (χ2n) is 4.09. The lowest BCUT2D eigenvalue weighted by Crippen LogP contribution is -2.18.